The van der Waals surface area contributed by atoms with Gasteiger partial charge in [-0.05, 0) is 18.3 Å². The van der Waals surface area contributed by atoms with E-state index in [2.05, 4.69) is 20.8 Å². The summed E-state index contributed by atoms with van der Waals surface area (Å²) in [5, 5.41) is 8.59. The Kier molecular flexibility index (Phi) is 5.77. The third-order valence-corrected chi connectivity index (χ3v) is 2.17. The Hall–Kier alpha value is -0.570. The molecule has 0 saturated carbocycles. The van der Waals surface area contributed by atoms with Gasteiger partial charge in [0.05, 0.1) is 0 Å². The Morgan fingerprint density at radius 2 is 1.93 bits per heavy atom. The van der Waals surface area contributed by atoms with Crippen molar-refractivity contribution in [1.29, 1.82) is 0 Å². The van der Waals surface area contributed by atoms with Crippen molar-refractivity contribution in [1.82, 2.24) is 4.90 Å². The van der Waals surface area contributed by atoms with Crippen LogP contribution in [0.4, 0.5) is 0 Å². The van der Waals surface area contributed by atoms with Gasteiger partial charge in [-0.25, -0.2) is 0 Å². The summed E-state index contributed by atoms with van der Waals surface area (Å²) in [5.41, 5.74) is 0.269. The van der Waals surface area contributed by atoms with E-state index in [1.54, 1.807) is 4.90 Å². The molecule has 0 aliphatic carbocycles. The summed E-state index contributed by atoms with van der Waals surface area (Å²) < 4.78 is 0. The standard InChI is InChI=1S/C11H23NO2/c1-11(2,3)7-8-12(4)10(14)6-5-9-13/h13H,5-9H2,1-4H3. The van der Waals surface area contributed by atoms with E-state index >= 15 is 0 Å². The Bertz CT molecular complexity index is 173. The zero-order chi connectivity index (χ0) is 11.2. The molecule has 84 valence electrons. The zero-order valence-electron chi connectivity index (χ0n) is 9.84. The summed E-state index contributed by atoms with van der Waals surface area (Å²) in [7, 11) is 1.82. The Balaban J connectivity index is 3.73. The number of amides is 1. The van der Waals surface area contributed by atoms with Crippen molar-refractivity contribution in [3.8, 4) is 0 Å². The first kappa shape index (κ1) is 13.4. The van der Waals surface area contributed by atoms with Gasteiger partial charge >= 0.3 is 0 Å². The van der Waals surface area contributed by atoms with Crippen molar-refractivity contribution in [2.45, 2.75) is 40.0 Å². The van der Waals surface area contributed by atoms with Crippen molar-refractivity contribution in [3.05, 3.63) is 0 Å². The summed E-state index contributed by atoms with van der Waals surface area (Å²) in [6, 6.07) is 0. The molecule has 0 aromatic heterocycles. The molecule has 0 aliphatic heterocycles. The fourth-order valence-electron chi connectivity index (χ4n) is 1.05. The van der Waals surface area contributed by atoms with E-state index in [-0.39, 0.29) is 17.9 Å². The molecule has 0 radical (unpaired) electrons. The number of carbonyl (C=O) groups is 1. The van der Waals surface area contributed by atoms with Gasteiger partial charge in [0.1, 0.15) is 0 Å². The van der Waals surface area contributed by atoms with Crippen molar-refractivity contribution >= 4 is 5.91 Å². The molecule has 0 aliphatic rings. The first-order valence-electron chi connectivity index (χ1n) is 5.21. The lowest BCUT2D eigenvalue weighted by Gasteiger charge is -2.23. The van der Waals surface area contributed by atoms with Gasteiger partial charge in [0.15, 0.2) is 0 Å². The molecule has 1 amide bonds. The highest BCUT2D eigenvalue weighted by molar-refractivity contribution is 5.75. The van der Waals surface area contributed by atoms with Gasteiger partial charge in [0.2, 0.25) is 5.91 Å². The summed E-state index contributed by atoms with van der Waals surface area (Å²) in [5.74, 6) is 0.128. The molecule has 0 fully saturated rings. The third kappa shape index (κ3) is 6.89. The second-order valence-corrected chi connectivity index (χ2v) is 4.95. The van der Waals surface area contributed by atoms with Crippen LogP contribution >= 0.6 is 0 Å². The lowest BCUT2D eigenvalue weighted by atomic mass is 9.92. The van der Waals surface area contributed by atoms with Gasteiger partial charge in [-0.3, -0.25) is 4.79 Å². The molecule has 0 aromatic rings. The highest BCUT2D eigenvalue weighted by Crippen LogP contribution is 2.18. The topological polar surface area (TPSA) is 40.5 Å². The number of nitrogens with zero attached hydrogens (tertiary/aromatic N) is 1. The second-order valence-electron chi connectivity index (χ2n) is 4.95. The zero-order valence-corrected chi connectivity index (χ0v) is 9.84. The maximum atomic E-state index is 11.4. The molecule has 14 heavy (non-hydrogen) atoms. The molecule has 0 bridgehead atoms. The fourth-order valence-corrected chi connectivity index (χ4v) is 1.05. The van der Waals surface area contributed by atoms with Crippen LogP contribution in [0.2, 0.25) is 0 Å². The highest BCUT2D eigenvalue weighted by atomic mass is 16.3. The minimum absolute atomic E-state index is 0.0961. The largest absolute Gasteiger partial charge is 0.396 e. The van der Waals surface area contributed by atoms with Gasteiger partial charge in [0.25, 0.3) is 0 Å². The Labute approximate surface area is 87.1 Å². The first-order chi connectivity index (χ1) is 6.37. The van der Waals surface area contributed by atoms with Crippen LogP contribution < -0.4 is 0 Å². The van der Waals surface area contributed by atoms with Gasteiger partial charge in [-0.1, -0.05) is 20.8 Å². The maximum absolute atomic E-state index is 11.4. The van der Waals surface area contributed by atoms with Crippen LogP contribution in [0.3, 0.4) is 0 Å². The van der Waals surface area contributed by atoms with Crippen LogP contribution in [0.5, 0.6) is 0 Å². The lowest BCUT2D eigenvalue weighted by molar-refractivity contribution is -0.130. The van der Waals surface area contributed by atoms with E-state index in [9.17, 15) is 4.79 Å². The molecule has 0 heterocycles. The monoisotopic (exact) mass is 201 g/mol. The van der Waals surface area contributed by atoms with Crippen molar-refractivity contribution in [3.63, 3.8) is 0 Å². The van der Waals surface area contributed by atoms with Gasteiger partial charge in [-0.15, -0.1) is 0 Å². The molecule has 0 unspecified atom stereocenters. The van der Waals surface area contributed by atoms with Crippen LogP contribution in [0, 0.1) is 5.41 Å². The van der Waals surface area contributed by atoms with E-state index in [0.717, 1.165) is 13.0 Å². The second kappa shape index (κ2) is 6.02. The number of aliphatic hydroxyl groups excluding tert-OH is 1. The molecule has 1 N–H and O–H groups in total. The minimum atomic E-state index is 0.0961. The molecule has 0 aromatic carbocycles. The van der Waals surface area contributed by atoms with Gasteiger partial charge in [0, 0.05) is 26.6 Å². The van der Waals surface area contributed by atoms with Crippen molar-refractivity contribution in [2.24, 2.45) is 5.41 Å². The smallest absolute Gasteiger partial charge is 0.222 e. The van der Waals surface area contributed by atoms with Crippen LogP contribution in [-0.2, 0) is 4.79 Å². The van der Waals surface area contributed by atoms with Crippen LogP contribution in [0.15, 0.2) is 0 Å². The molecule has 0 spiro atoms. The van der Waals surface area contributed by atoms with Crippen molar-refractivity contribution in [2.75, 3.05) is 20.2 Å². The van der Waals surface area contributed by atoms with Gasteiger partial charge < -0.3 is 10.0 Å². The van der Waals surface area contributed by atoms with Gasteiger partial charge in [-0.2, -0.15) is 0 Å². The molecule has 0 atom stereocenters. The number of hydrogen-bond donors (Lipinski definition) is 1. The number of hydrogen-bond acceptors (Lipinski definition) is 2. The molecular weight excluding hydrogens is 178 g/mol. The first-order valence-corrected chi connectivity index (χ1v) is 5.21. The quantitative estimate of drug-likeness (QED) is 0.735. The van der Waals surface area contributed by atoms with E-state index in [1.807, 2.05) is 7.05 Å². The lowest BCUT2D eigenvalue weighted by Crippen LogP contribution is -2.29. The fraction of sp³-hybridized carbons (Fsp3) is 0.909. The predicted octanol–water partition coefficient (Wildman–Crippen LogP) is 1.65. The number of carbonyl (C=O) groups excluding carboxylic acids is 1. The van der Waals surface area contributed by atoms with Crippen LogP contribution in [0.1, 0.15) is 40.0 Å². The average Bonchev–Trinajstić information content (AvgIpc) is 2.09. The molecule has 3 nitrogen and oxygen atoms in total. The summed E-state index contributed by atoms with van der Waals surface area (Å²) in [6.07, 6.45) is 2.03. The van der Waals surface area contributed by atoms with E-state index < -0.39 is 0 Å². The minimum Gasteiger partial charge on any atom is -0.396 e. The molecule has 3 heteroatoms. The van der Waals surface area contributed by atoms with Crippen LogP contribution in [0.25, 0.3) is 0 Å². The molecule has 0 rings (SSSR count). The molecular formula is C11H23NO2. The number of rotatable bonds is 5. The summed E-state index contributed by atoms with van der Waals surface area (Å²) in [4.78, 5) is 13.2. The summed E-state index contributed by atoms with van der Waals surface area (Å²) in [6.45, 7) is 7.39. The van der Waals surface area contributed by atoms with E-state index in [0.29, 0.717) is 12.8 Å². The van der Waals surface area contributed by atoms with E-state index in [4.69, 9.17) is 5.11 Å². The van der Waals surface area contributed by atoms with Crippen LogP contribution in [-0.4, -0.2) is 36.1 Å². The van der Waals surface area contributed by atoms with E-state index in [1.165, 1.54) is 0 Å². The molecule has 0 saturated heterocycles. The maximum Gasteiger partial charge on any atom is 0.222 e. The summed E-state index contributed by atoms with van der Waals surface area (Å²) >= 11 is 0. The Morgan fingerprint density at radius 1 is 1.36 bits per heavy atom. The normalized spacial score (nSPS) is 11.5. The average molecular weight is 201 g/mol. The highest BCUT2D eigenvalue weighted by Gasteiger charge is 2.14. The SMILES string of the molecule is CN(CCC(C)(C)C)C(=O)CCCO. The Morgan fingerprint density at radius 3 is 2.36 bits per heavy atom. The van der Waals surface area contributed by atoms with Crippen molar-refractivity contribution < 1.29 is 9.90 Å². The predicted molar refractivity (Wildman–Crippen MR) is 58.0 cm³/mol. The number of aliphatic hydroxyl groups is 1. The third-order valence-electron chi connectivity index (χ3n) is 2.17.